The van der Waals surface area contributed by atoms with Crippen LogP contribution in [0.4, 0.5) is 0 Å². The molecule has 1 saturated heterocycles. The summed E-state index contributed by atoms with van der Waals surface area (Å²) in [5.74, 6) is -0.262. The van der Waals surface area contributed by atoms with Gasteiger partial charge in [-0.15, -0.1) is 0 Å². The smallest absolute Gasteiger partial charge is 0.320 e. The molecule has 0 amide bonds. The normalized spacial score (nSPS) is 35.1. The number of nitrogens with zero attached hydrogens (tertiary/aromatic N) is 1. The number of carboxylic acids is 1. The molecular weight excluding hydrogens is 192 g/mol. The van der Waals surface area contributed by atoms with Crippen LogP contribution in [0.2, 0.25) is 0 Å². The van der Waals surface area contributed by atoms with Crippen LogP contribution in [-0.2, 0) is 4.79 Å². The van der Waals surface area contributed by atoms with Gasteiger partial charge in [-0.25, -0.2) is 0 Å². The minimum Gasteiger partial charge on any atom is -0.480 e. The van der Waals surface area contributed by atoms with Gasteiger partial charge in [0, 0.05) is 18.6 Å². The van der Waals surface area contributed by atoms with E-state index in [1.807, 2.05) is 0 Å². The predicted octanol–water partition coefficient (Wildman–Crippen LogP) is 0.778. The zero-order valence-electron chi connectivity index (χ0n) is 10.0. The molecule has 1 fully saturated rings. The first kappa shape index (κ1) is 12.5. The molecule has 0 aromatic heterocycles. The highest BCUT2D eigenvalue weighted by Crippen LogP contribution is 2.20. The van der Waals surface area contributed by atoms with Gasteiger partial charge >= 0.3 is 5.97 Å². The van der Waals surface area contributed by atoms with Crippen molar-refractivity contribution >= 4 is 5.97 Å². The lowest BCUT2D eigenvalue weighted by molar-refractivity contribution is -0.139. The van der Waals surface area contributed by atoms with Crippen LogP contribution in [0.15, 0.2) is 0 Å². The summed E-state index contributed by atoms with van der Waals surface area (Å²) in [6, 6.07) is 0.398. The van der Waals surface area contributed by atoms with E-state index >= 15 is 0 Å². The van der Waals surface area contributed by atoms with Gasteiger partial charge in [-0.05, 0) is 33.2 Å². The van der Waals surface area contributed by atoms with E-state index < -0.39 is 12.0 Å². The summed E-state index contributed by atoms with van der Waals surface area (Å²) < 4.78 is 0. The number of likely N-dealkylation sites (tertiary alicyclic amines) is 1. The average Bonchev–Trinajstić information content (AvgIpc) is 2.13. The molecule has 0 saturated carbocycles. The molecule has 15 heavy (non-hydrogen) atoms. The van der Waals surface area contributed by atoms with Crippen molar-refractivity contribution in [1.82, 2.24) is 10.2 Å². The van der Waals surface area contributed by atoms with Crippen LogP contribution in [0.25, 0.3) is 0 Å². The van der Waals surface area contributed by atoms with E-state index in [0.29, 0.717) is 18.0 Å². The first-order chi connectivity index (χ1) is 6.91. The summed E-state index contributed by atoms with van der Waals surface area (Å²) in [5.41, 5.74) is 0. The van der Waals surface area contributed by atoms with Crippen molar-refractivity contribution in [2.24, 2.45) is 5.92 Å². The molecule has 4 nitrogen and oxygen atoms in total. The molecule has 0 aromatic rings. The summed E-state index contributed by atoms with van der Waals surface area (Å²) >= 11 is 0. The third-order valence-electron chi connectivity index (χ3n) is 3.44. The quantitative estimate of drug-likeness (QED) is 0.729. The Morgan fingerprint density at radius 2 is 2.13 bits per heavy atom. The minimum atomic E-state index is -0.770. The average molecular weight is 214 g/mol. The number of carboxylic acid groups (broad SMARTS) is 1. The molecule has 1 aliphatic rings. The van der Waals surface area contributed by atoms with Gasteiger partial charge in [0.1, 0.15) is 6.04 Å². The predicted molar refractivity (Wildman–Crippen MR) is 59.9 cm³/mol. The van der Waals surface area contributed by atoms with Crippen molar-refractivity contribution in [2.75, 3.05) is 13.6 Å². The Morgan fingerprint density at radius 1 is 1.53 bits per heavy atom. The second-order valence-corrected chi connectivity index (χ2v) is 4.83. The number of nitrogens with one attached hydrogen (secondary N) is 1. The van der Waals surface area contributed by atoms with Crippen LogP contribution < -0.4 is 5.32 Å². The summed E-state index contributed by atoms with van der Waals surface area (Å²) in [7, 11) is 2.12. The van der Waals surface area contributed by atoms with E-state index in [2.05, 4.69) is 31.1 Å². The maximum atomic E-state index is 10.8. The fourth-order valence-corrected chi connectivity index (χ4v) is 2.17. The largest absolute Gasteiger partial charge is 0.480 e. The first-order valence-electron chi connectivity index (χ1n) is 5.61. The van der Waals surface area contributed by atoms with E-state index in [4.69, 9.17) is 5.11 Å². The third kappa shape index (κ3) is 3.18. The number of carbonyl (C=O) groups is 1. The van der Waals surface area contributed by atoms with Crippen LogP contribution >= 0.6 is 0 Å². The van der Waals surface area contributed by atoms with Crippen molar-refractivity contribution in [3.8, 4) is 0 Å². The van der Waals surface area contributed by atoms with Gasteiger partial charge in [0.05, 0.1) is 0 Å². The third-order valence-corrected chi connectivity index (χ3v) is 3.44. The lowest BCUT2D eigenvalue weighted by atomic mass is 9.89. The Bertz CT molecular complexity index is 233. The maximum Gasteiger partial charge on any atom is 0.320 e. The lowest BCUT2D eigenvalue weighted by Gasteiger charge is -2.40. The van der Waals surface area contributed by atoms with Gasteiger partial charge in [-0.2, -0.15) is 0 Å². The van der Waals surface area contributed by atoms with Crippen molar-refractivity contribution in [2.45, 2.75) is 45.3 Å². The van der Waals surface area contributed by atoms with Crippen molar-refractivity contribution < 1.29 is 9.90 Å². The van der Waals surface area contributed by atoms with E-state index in [9.17, 15) is 4.79 Å². The number of piperidine rings is 1. The first-order valence-corrected chi connectivity index (χ1v) is 5.61. The van der Waals surface area contributed by atoms with E-state index in [-0.39, 0.29) is 0 Å². The van der Waals surface area contributed by atoms with E-state index in [1.54, 1.807) is 6.92 Å². The highest BCUT2D eigenvalue weighted by Gasteiger charge is 2.30. The molecule has 1 heterocycles. The fraction of sp³-hybridized carbons (Fsp3) is 0.909. The van der Waals surface area contributed by atoms with Crippen LogP contribution in [0.3, 0.4) is 0 Å². The Kier molecular flexibility index (Phi) is 4.11. The van der Waals surface area contributed by atoms with Gasteiger partial charge in [0.2, 0.25) is 0 Å². The summed E-state index contributed by atoms with van der Waals surface area (Å²) in [5, 5.41) is 12.0. The Morgan fingerprint density at radius 3 is 2.67 bits per heavy atom. The second kappa shape index (κ2) is 4.94. The molecule has 0 spiro atoms. The SMILES string of the molecule is CC(NC1CC(C)N(C)CC1C)C(=O)O. The molecule has 4 unspecified atom stereocenters. The Hall–Kier alpha value is -0.610. The van der Waals surface area contributed by atoms with Crippen molar-refractivity contribution in [3.05, 3.63) is 0 Å². The summed E-state index contributed by atoms with van der Waals surface area (Å²) in [6.45, 7) is 7.10. The fourth-order valence-electron chi connectivity index (χ4n) is 2.17. The molecule has 4 atom stereocenters. The van der Waals surface area contributed by atoms with Gasteiger partial charge in [-0.1, -0.05) is 6.92 Å². The van der Waals surface area contributed by atoms with Gasteiger partial charge in [-0.3, -0.25) is 4.79 Å². The number of hydrogen-bond acceptors (Lipinski definition) is 3. The molecule has 0 radical (unpaired) electrons. The van der Waals surface area contributed by atoms with Crippen molar-refractivity contribution in [1.29, 1.82) is 0 Å². The molecule has 0 aromatic carbocycles. The lowest BCUT2D eigenvalue weighted by Crippen LogP contribution is -2.54. The number of aliphatic carboxylic acids is 1. The highest BCUT2D eigenvalue weighted by atomic mass is 16.4. The molecule has 0 bridgehead atoms. The molecule has 88 valence electrons. The van der Waals surface area contributed by atoms with E-state index in [1.165, 1.54) is 0 Å². The van der Waals surface area contributed by atoms with Gasteiger partial charge in [0.25, 0.3) is 0 Å². The zero-order chi connectivity index (χ0) is 11.6. The monoisotopic (exact) mass is 214 g/mol. The van der Waals surface area contributed by atoms with Crippen LogP contribution in [0.1, 0.15) is 27.2 Å². The van der Waals surface area contributed by atoms with Crippen molar-refractivity contribution in [3.63, 3.8) is 0 Å². The molecule has 2 N–H and O–H groups in total. The van der Waals surface area contributed by atoms with Crippen LogP contribution in [0, 0.1) is 5.92 Å². The maximum absolute atomic E-state index is 10.8. The Labute approximate surface area is 91.6 Å². The van der Waals surface area contributed by atoms with Gasteiger partial charge < -0.3 is 15.3 Å². The minimum absolute atomic E-state index is 0.322. The standard InChI is InChI=1S/C11H22N2O2/c1-7-6-13(4)8(2)5-10(7)12-9(3)11(14)15/h7-10,12H,5-6H2,1-4H3,(H,14,15). The number of hydrogen-bond donors (Lipinski definition) is 2. The summed E-state index contributed by atoms with van der Waals surface area (Å²) in [6.07, 6.45) is 1.02. The molecule has 0 aliphatic carbocycles. The van der Waals surface area contributed by atoms with Crippen LogP contribution in [-0.4, -0.2) is 47.7 Å². The molecule has 4 heteroatoms. The zero-order valence-corrected chi connectivity index (χ0v) is 10.0. The molecular formula is C11H22N2O2. The topological polar surface area (TPSA) is 52.6 Å². The molecule has 1 rings (SSSR count). The van der Waals surface area contributed by atoms with Gasteiger partial charge in [0.15, 0.2) is 0 Å². The van der Waals surface area contributed by atoms with Crippen LogP contribution in [0.5, 0.6) is 0 Å². The summed E-state index contributed by atoms with van der Waals surface area (Å²) in [4.78, 5) is 13.1. The number of rotatable bonds is 3. The highest BCUT2D eigenvalue weighted by molar-refractivity contribution is 5.72. The Balaban J connectivity index is 2.51. The second-order valence-electron chi connectivity index (χ2n) is 4.83. The molecule has 1 aliphatic heterocycles. The van der Waals surface area contributed by atoms with E-state index in [0.717, 1.165) is 13.0 Å².